The lowest BCUT2D eigenvalue weighted by Crippen LogP contribution is -2.51. The highest BCUT2D eigenvalue weighted by Gasteiger charge is 2.44. The molecule has 1 atom stereocenters. The highest BCUT2D eigenvalue weighted by atomic mass is 32.2. The van der Waals surface area contributed by atoms with E-state index >= 15 is 0 Å². The van der Waals surface area contributed by atoms with Crippen LogP contribution in [-0.2, 0) is 17.1 Å². The Kier molecular flexibility index (Phi) is 5.66. The van der Waals surface area contributed by atoms with E-state index in [0.717, 1.165) is 11.3 Å². The Labute approximate surface area is 179 Å². The van der Waals surface area contributed by atoms with Crippen molar-refractivity contribution in [2.75, 3.05) is 25.0 Å². The SMILES string of the molecule is CCOc1ccc2c(c1)[C@H](C)CC(C)(C)N2S(=O)(=O)c1cc(C(=O)N(C)C)n(C)c1. The maximum absolute atomic E-state index is 13.8. The van der Waals surface area contributed by atoms with Crippen LogP contribution in [0.2, 0.25) is 0 Å². The Morgan fingerprint density at radius 1 is 1.27 bits per heavy atom. The minimum atomic E-state index is -3.89. The summed E-state index contributed by atoms with van der Waals surface area (Å²) < 4.78 is 36.3. The summed E-state index contributed by atoms with van der Waals surface area (Å²) in [6.45, 7) is 8.46. The zero-order valence-electron chi connectivity index (χ0n) is 18.8. The third kappa shape index (κ3) is 3.69. The quantitative estimate of drug-likeness (QED) is 0.722. The molecule has 1 aromatic carbocycles. The number of ether oxygens (including phenoxy) is 1. The van der Waals surface area contributed by atoms with Crippen LogP contribution in [-0.4, -0.2) is 50.0 Å². The van der Waals surface area contributed by atoms with Crippen molar-refractivity contribution in [3.05, 3.63) is 41.7 Å². The van der Waals surface area contributed by atoms with Crippen LogP contribution in [0.3, 0.4) is 0 Å². The maximum atomic E-state index is 13.8. The number of fused-ring (bicyclic) bond motifs is 1. The topological polar surface area (TPSA) is 71.8 Å². The van der Waals surface area contributed by atoms with Gasteiger partial charge in [-0.3, -0.25) is 9.10 Å². The summed E-state index contributed by atoms with van der Waals surface area (Å²) in [6.07, 6.45) is 2.18. The number of nitrogens with zero attached hydrogens (tertiary/aromatic N) is 3. The number of rotatable bonds is 5. The van der Waals surface area contributed by atoms with Gasteiger partial charge >= 0.3 is 0 Å². The molecule has 0 saturated carbocycles. The molecule has 1 aliphatic heterocycles. The van der Waals surface area contributed by atoms with Gasteiger partial charge in [0.05, 0.1) is 17.8 Å². The average molecular weight is 434 g/mol. The van der Waals surface area contributed by atoms with Gasteiger partial charge in [-0.2, -0.15) is 0 Å². The number of hydrogen-bond acceptors (Lipinski definition) is 4. The fraction of sp³-hybridized carbons (Fsp3) is 0.500. The molecule has 1 aliphatic rings. The molecule has 2 heterocycles. The fourth-order valence-corrected chi connectivity index (χ4v) is 6.23. The maximum Gasteiger partial charge on any atom is 0.269 e. The first-order valence-corrected chi connectivity index (χ1v) is 11.5. The van der Waals surface area contributed by atoms with Crippen LogP contribution in [0, 0.1) is 0 Å². The Morgan fingerprint density at radius 3 is 2.53 bits per heavy atom. The van der Waals surface area contributed by atoms with Gasteiger partial charge in [0.15, 0.2) is 0 Å². The summed E-state index contributed by atoms with van der Waals surface area (Å²) in [4.78, 5) is 14.0. The molecule has 30 heavy (non-hydrogen) atoms. The fourth-order valence-electron chi connectivity index (χ4n) is 4.31. The van der Waals surface area contributed by atoms with E-state index in [9.17, 15) is 13.2 Å². The van der Waals surface area contributed by atoms with Crippen molar-refractivity contribution in [3.8, 4) is 5.75 Å². The molecule has 0 radical (unpaired) electrons. The Morgan fingerprint density at radius 2 is 1.93 bits per heavy atom. The molecule has 0 bridgehead atoms. The molecule has 0 unspecified atom stereocenters. The summed E-state index contributed by atoms with van der Waals surface area (Å²) in [5.74, 6) is 0.675. The van der Waals surface area contributed by atoms with Crippen molar-refractivity contribution in [3.63, 3.8) is 0 Å². The summed E-state index contributed by atoms with van der Waals surface area (Å²) >= 11 is 0. The summed E-state index contributed by atoms with van der Waals surface area (Å²) in [5, 5.41) is 0. The third-order valence-corrected chi connectivity index (χ3v) is 7.55. The Balaban J connectivity index is 2.15. The molecule has 0 saturated heterocycles. The highest BCUT2D eigenvalue weighted by molar-refractivity contribution is 7.93. The molecule has 164 valence electrons. The molecule has 7 nitrogen and oxygen atoms in total. The van der Waals surface area contributed by atoms with Crippen LogP contribution in [0.1, 0.15) is 56.1 Å². The van der Waals surface area contributed by atoms with Gasteiger partial charge in [0.2, 0.25) is 0 Å². The predicted molar refractivity (Wildman–Crippen MR) is 118 cm³/mol. The lowest BCUT2D eigenvalue weighted by atomic mass is 9.82. The van der Waals surface area contributed by atoms with Crippen LogP contribution < -0.4 is 9.04 Å². The van der Waals surface area contributed by atoms with Gasteiger partial charge in [-0.25, -0.2) is 8.42 Å². The molecule has 0 aliphatic carbocycles. The van der Waals surface area contributed by atoms with Crippen molar-refractivity contribution in [2.45, 2.75) is 50.5 Å². The number of anilines is 1. The molecular formula is C22H31N3O4S. The minimum Gasteiger partial charge on any atom is -0.494 e. The van der Waals surface area contributed by atoms with Gasteiger partial charge in [-0.15, -0.1) is 0 Å². The van der Waals surface area contributed by atoms with Crippen LogP contribution in [0.5, 0.6) is 5.75 Å². The van der Waals surface area contributed by atoms with E-state index in [1.807, 2.05) is 39.0 Å². The second kappa shape index (κ2) is 7.65. The zero-order valence-corrected chi connectivity index (χ0v) is 19.6. The number of sulfonamides is 1. The summed E-state index contributed by atoms with van der Waals surface area (Å²) in [6, 6.07) is 7.03. The van der Waals surface area contributed by atoms with Crippen LogP contribution >= 0.6 is 0 Å². The Hall–Kier alpha value is -2.48. The zero-order chi connectivity index (χ0) is 22.4. The minimum absolute atomic E-state index is 0.109. The number of carbonyl (C=O) groups excluding carboxylic acids is 1. The van der Waals surface area contributed by atoms with Gasteiger partial charge < -0.3 is 14.2 Å². The number of aromatic nitrogens is 1. The highest BCUT2D eigenvalue weighted by Crippen LogP contribution is 2.47. The summed E-state index contributed by atoms with van der Waals surface area (Å²) in [5.41, 5.74) is 1.31. The van der Waals surface area contributed by atoms with Gasteiger partial charge in [-0.05, 0) is 62.9 Å². The van der Waals surface area contributed by atoms with E-state index < -0.39 is 15.6 Å². The van der Waals surface area contributed by atoms with E-state index in [1.54, 1.807) is 25.7 Å². The van der Waals surface area contributed by atoms with Crippen LogP contribution in [0.25, 0.3) is 0 Å². The Bertz CT molecular complexity index is 1070. The molecule has 2 aromatic rings. The van der Waals surface area contributed by atoms with Crippen LogP contribution in [0.4, 0.5) is 5.69 Å². The molecule has 1 aromatic heterocycles. The third-order valence-electron chi connectivity index (χ3n) is 5.56. The normalized spacial score (nSPS) is 18.1. The first-order valence-electron chi connectivity index (χ1n) is 10.1. The van der Waals surface area contributed by atoms with Crippen molar-refractivity contribution < 1.29 is 17.9 Å². The van der Waals surface area contributed by atoms with Crippen molar-refractivity contribution in [1.82, 2.24) is 9.47 Å². The monoisotopic (exact) mass is 433 g/mol. The molecule has 0 N–H and O–H groups in total. The van der Waals surface area contributed by atoms with Gasteiger partial charge in [0, 0.05) is 27.3 Å². The standard InChI is InChI=1S/C22H31N3O4S/c1-8-29-16-9-10-19-18(11-16)15(2)13-22(3,4)25(19)30(27,28)17-12-20(24(7)14-17)21(26)23(5)6/h9-12,14-15H,8,13H2,1-7H3/t15-/m1/s1. The first-order chi connectivity index (χ1) is 13.9. The predicted octanol–water partition coefficient (Wildman–Crippen LogP) is 3.61. The van der Waals surface area contributed by atoms with Crippen molar-refractivity contribution in [2.24, 2.45) is 7.05 Å². The van der Waals surface area contributed by atoms with E-state index in [1.165, 1.54) is 21.5 Å². The average Bonchev–Trinajstić information content (AvgIpc) is 3.03. The van der Waals surface area contributed by atoms with Gasteiger partial charge in [0.1, 0.15) is 16.3 Å². The van der Waals surface area contributed by atoms with E-state index in [0.29, 0.717) is 24.4 Å². The van der Waals surface area contributed by atoms with Crippen molar-refractivity contribution in [1.29, 1.82) is 0 Å². The second-order valence-electron chi connectivity index (χ2n) is 8.71. The number of hydrogen-bond donors (Lipinski definition) is 0. The number of amides is 1. The molecule has 8 heteroatoms. The largest absolute Gasteiger partial charge is 0.494 e. The molecule has 3 rings (SSSR count). The lowest BCUT2D eigenvalue weighted by Gasteiger charge is -2.46. The van der Waals surface area contributed by atoms with Crippen LogP contribution in [0.15, 0.2) is 35.4 Å². The molecular weight excluding hydrogens is 402 g/mol. The molecule has 0 fully saturated rings. The summed E-state index contributed by atoms with van der Waals surface area (Å²) in [7, 11) is 1.08. The second-order valence-corrected chi connectivity index (χ2v) is 10.5. The molecule has 0 spiro atoms. The first kappa shape index (κ1) is 22.2. The van der Waals surface area contributed by atoms with Crippen molar-refractivity contribution >= 4 is 21.6 Å². The van der Waals surface area contributed by atoms with Gasteiger partial charge in [-0.1, -0.05) is 6.92 Å². The number of carbonyl (C=O) groups is 1. The lowest BCUT2D eigenvalue weighted by molar-refractivity contribution is 0.0818. The smallest absolute Gasteiger partial charge is 0.269 e. The van der Waals surface area contributed by atoms with Gasteiger partial charge in [0.25, 0.3) is 15.9 Å². The van der Waals surface area contributed by atoms with E-state index in [2.05, 4.69) is 6.92 Å². The number of benzene rings is 1. The number of aryl methyl sites for hydroxylation is 1. The molecule has 1 amide bonds. The van der Waals surface area contributed by atoms with E-state index in [-0.39, 0.29) is 16.7 Å². The van der Waals surface area contributed by atoms with E-state index in [4.69, 9.17) is 4.74 Å².